The van der Waals surface area contributed by atoms with E-state index in [0.717, 1.165) is 37.5 Å². The van der Waals surface area contributed by atoms with Gasteiger partial charge in [0.05, 0.1) is 5.69 Å². The van der Waals surface area contributed by atoms with Crippen LogP contribution < -0.4 is 10.6 Å². The Balaban J connectivity index is 1.46. The molecule has 5 heteroatoms. The average molecular weight is 309 g/mol. The second kappa shape index (κ2) is 7.63. The van der Waals surface area contributed by atoms with Crippen molar-refractivity contribution in [1.29, 1.82) is 0 Å². The zero-order valence-corrected chi connectivity index (χ0v) is 13.4. The van der Waals surface area contributed by atoms with Crippen molar-refractivity contribution in [3.63, 3.8) is 0 Å². The lowest BCUT2D eigenvalue weighted by Crippen LogP contribution is -2.43. The van der Waals surface area contributed by atoms with E-state index in [4.69, 9.17) is 0 Å². The zero-order chi connectivity index (χ0) is 15.9. The Morgan fingerprint density at radius 3 is 2.70 bits per heavy atom. The number of rotatable bonds is 5. The summed E-state index contributed by atoms with van der Waals surface area (Å²) in [6, 6.07) is 10.9. The molecule has 0 radical (unpaired) electrons. The molecule has 3 rings (SSSR count). The van der Waals surface area contributed by atoms with Crippen LogP contribution in [0.4, 0.5) is 0 Å². The van der Waals surface area contributed by atoms with Gasteiger partial charge in [0, 0.05) is 32.0 Å². The molecule has 0 spiro atoms. The first-order valence-corrected chi connectivity index (χ1v) is 8.06. The van der Waals surface area contributed by atoms with Crippen molar-refractivity contribution < 1.29 is 0 Å². The summed E-state index contributed by atoms with van der Waals surface area (Å²) in [6.07, 6.45) is 11.3. The third-order valence-electron chi connectivity index (χ3n) is 3.98. The molecule has 0 unspecified atom stereocenters. The first-order chi connectivity index (χ1) is 11.3. The Morgan fingerprint density at radius 1 is 1.26 bits per heavy atom. The first kappa shape index (κ1) is 15.3. The van der Waals surface area contributed by atoms with E-state index in [-0.39, 0.29) is 0 Å². The van der Waals surface area contributed by atoms with E-state index < -0.39 is 0 Å². The highest BCUT2D eigenvalue weighted by Crippen LogP contribution is 2.10. The van der Waals surface area contributed by atoms with E-state index in [2.05, 4.69) is 57.1 Å². The number of hydrogen-bond donors (Lipinski definition) is 2. The van der Waals surface area contributed by atoms with Crippen LogP contribution in [0, 0.1) is 0 Å². The normalized spacial score (nSPS) is 15.1. The standard InChI is InChI=1S/C18H23N5/c1-19-18(22-16-5-2-3-6-16)20-13-11-15-7-9-17(10-8-15)23-14-4-12-21-23/h2-4,7-10,12,14,16H,5-6,11,13H2,1H3,(H2,19,20,22). The van der Waals surface area contributed by atoms with Crippen LogP contribution >= 0.6 is 0 Å². The molecule has 1 aromatic carbocycles. The third-order valence-corrected chi connectivity index (χ3v) is 3.98. The maximum Gasteiger partial charge on any atom is 0.191 e. The van der Waals surface area contributed by atoms with Crippen LogP contribution in [0.5, 0.6) is 0 Å². The highest BCUT2D eigenvalue weighted by atomic mass is 15.3. The van der Waals surface area contributed by atoms with Crippen molar-refractivity contribution in [1.82, 2.24) is 20.4 Å². The molecule has 23 heavy (non-hydrogen) atoms. The molecule has 0 fully saturated rings. The van der Waals surface area contributed by atoms with Crippen LogP contribution in [0.25, 0.3) is 5.69 Å². The van der Waals surface area contributed by atoms with Gasteiger partial charge in [0.15, 0.2) is 5.96 Å². The largest absolute Gasteiger partial charge is 0.356 e. The summed E-state index contributed by atoms with van der Waals surface area (Å²) in [7, 11) is 1.82. The molecule has 0 bridgehead atoms. The number of nitrogens with one attached hydrogen (secondary N) is 2. The Kier molecular flexibility index (Phi) is 5.09. The molecule has 0 amide bonds. The predicted octanol–water partition coefficient (Wildman–Crippen LogP) is 2.30. The maximum absolute atomic E-state index is 4.29. The highest BCUT2D eigenvalue weighted by molar-refractivity contribution is 5.80. The number of aliphatic imine (C=N–C) groups is 1. The van der Waals surface area contributed by atoms with E-state index in [1.165, 1.54) is 5.56 Å². The molecule has 1 aromatic heterocycles. The van der Waals surface area contributed by atoms with Gasteiger partial charge in [0.2, 0.25) is 0 Å². The van der Waals surface area contributed by atoms with Gasteiger partial charge in [-0.15, -0.1) is 0 Å². The minimum Gasteiger partial charge on any atom is -0.356 e. The van der Waals surface area contributed by atoms with Crippen molar-refractivity contribution in [2.24, 2.45) is 4.99 Å². The lowest BCUT2D eigenvalue weighted by Gasteiger charge is -2.16. The predicted molar refractivity (Wildman–Crippen MR) is 93.9 cm³/mol. The smallest absolute Gasteiger partial charge is 0.191 e. The van der Waals surface area contributed by atoms with Crippen molar-refractivity contribution >= 4 is 5.96 Å². The summed E-state index contributed by atoms with van der Waals surface area (Å²) in [5, 5.41) is 11.1. The Hall–Kier alpha value is -2.56. The minimum absolute atomic E-state index is 0.481. The molecule has 5 nitrogen and oxygen atoms in total. The molecule has 1 aliphatic carbocycles. The van der Waals surface area contributed by atoms with E-state index in [1.807, 2.05) is 24.0 Å². The van der Waals surface area contributed by atoms with Gasteiger partial charge in [-0.3, -0.25) is 4.99 Å². The number of aromatic nitrogens is 2. The zero-order valence-electron chi connectivity index (χ0n) is 13.4. The number of nitrogens with zero attached hydrogens (tertiary/aromatic N) is 3. The van der Waals surface area contributed by atoms with Gasteiger partial charge < -0.3 is 10.6 Å². The maximum atomic E-state index is 4.29. The monoisotopic (exact) mass is 309 g/mol. The van der Waals surface area contributed by atoms with Crippen LogP contribution in [0.3, 0.4) is 0 Å². The van der Waals surface area contributed by atoms with Gasteiger partial charge in [-0.05, 0) is 43.0 Å². The minimum atomic E-state index is 0.481. The molecular formula is C18H23N5. The molecule has 0 atom stereocenters. The van der Waals surface area contributed by atoms with Crippen molar-refractivity contribution in [3.8, 4) is 5.69 Å². The van der Waals surface area contributed by atoms with E-state index in [1.54, 1.807) is 6.20 Å². The van der Waals surface area contributed by atoms with Crippen LogP contribution in [0.2, 0.25) is 0 Å². The molecule has 1 aliphatic rings. The van der Waals surface area contributed by atoms with Crippen molar-refractivity contribution in [2.45, 2.75) is 25.3 Å². The van der Waals surface area contributed by atoms with Gasteiger partial charge in [-0.2, -0.15) is 5.10 Å². The second-order valence-corrected chi connectivity index (χ2v) is 5.65. The van der Waals surface area contributed by atoms with Crippen molar-refractivity contribution in [3.05, 3.63) is 60.4 Å². The fourth-order valence-corrected chi connectivity index (χ4v) is 2.69. The van der Waals surface area contributed by atoms with E-state index >= 15 is 0 Å². The number of benzene rings is 1. The second-order valence-electron chi connectivity index (χ2n) is 5.65. The molecule has 0 saturated carbocycles. The first-order valence-electron chi connectivity index (χ1n) is 8.06. The number of hydrogen-bond acceptors (Lipinski definition) is 2. The summed E-state index contributed by atoms with van der Waals surface area (Å²) in [4.78, 5) is 4.29. The molecule has 2 aromatic rings. The summed E-state index contributed by atoms with van der Waals surface area (Å²) >= 11 is 0. The summed E-state index contributed by atoms with van der Waals surface area (Å²) in [5.74, 6) is 0.881. The van der Waals surface area contributed by atoms with E-state index in [9.17, 15) is 0 Å². The molecule has 0 aliphatic heterocycles. The fraction of sp³-hybridized carbons (Fsp3) is 0.333. The van der Waals surface area contributed by atoms with E-state index in [0.29, 0.717) is 6.04 Å². The molecule has 0 saturated heterocycles. The molecular weight excluding hydrogens is 286 g/mol. The summed E-state index contributed by atoms with van der Waals surface area (Å²) in [6.45, 7) is 0.862. The van der Waals surface area contributed by atoms with Gasteiger partial charge >= 0.3 is 0 Å². The molecule has 120 valence electrons. The lowest BCUT2D eigenvalue weighted by atomic mass is 10.1. The number of guanidine groups is 1. The van der Waals surface area contributed by atoms with Crippen LogP contribution in [0.15, 0.2) is 59.9 Å². The Morgan fingerprint density at radius 2 is 2.04 bits per heavy atom. The van der Waals surface area contributed by atoms with Crippen LogP contribution in [-0.2, 0) is 6.42 Å². The summed E-state index contributed by atoms with van der Waals surface area (Å²) in [5.41, 5.74) is 2.38. The van der Waals surface area contributed by atoms with Crippen molar-refractivity contribution in [2.75, 3.05) is 13.6 Å². The van der Waals surface area contributed by atoms with Gasteiger partial charge in [-0.25, -0.2) is 4.68 Å². The van der Waals surface area contributed by atoms with Gasteiger partial charge in [0.25, 0.3) is 0 Å². The third kappa shape index (κ3) is 4.22. The van der Waals surface area contributed by atoms with Crippen LogP contribution in [0.1, 0.15) is 18.4 Å². The lowest BCUT2D eigenvalue weighted by molar-refractivity contribution is 0.633. The quantitative estimate of drug-likeness (QED) is 0.506. The van der Waals surface area contributed by atoms with Gasteiger partial charge in [-0.1, -0.05) is 24.3 Å². The average Bonchev–Trinajstić information content (AvgIpc) is 3.28. The van der Waals surface area contributed by atoms with Gasteiger partial charge in [0.1, 0.15) is 0 Å². The van der Waals surface area contributed by atoms with Crippen LogP contribution in [-0.4, -0.2) is 35.4 Å². The molecule has 1 heterocycles. The Bertz CT molecular complexity index is 647. The fourth-order valence-electron chi connectivity index (χ4n) is 2.69. The molecule has 2 N–H and O–H groups in total. The highest BCUT2D eigenvalue weighted by Gasteiger charge is 2.11. The topological polar surface area (TPSA) is 54.2 Å². The Labute approximate surface area is 137 Å². The summed E-state index contributed by atoms with van der Waals surface area (Å²) < 4.78 is 1.86. The SMILES string of the molecule is CN=C(NCCc1ccc(-n2cccn2)cc1)NC1CC=CC1.